The second-order valence-electron chi connectivity index (χ2n) is 5.44. The minimum absolute atomic E-state index is 0.379. The molecule has 1 aliphatic rings. The van der Waals surface area contributed by atoms with Gasteiger partial charge in [0.1, 0.15) is 5.75 Å². The molecule has 20 heavy (non-hydrogen) atoms. The first-order valence-corrected chi connectivity index (χ1v) is 8.15. The largest absolute Gasteiger partial charge is 0.493 e. The Labute approximate surface area is 124 Å². The Hall–Kier alpha value is -1.32. The molecular formula is C17H21NOS. The first-order valence-electron chi connectivity index (χ1n) is 7.27. The maximum absolute atomic E-state index is 5.94. The summed E-state index contributed by atoms with van der Waals surface area (Å²) in [4.78, 5) is 1.39. The number of ether oxygens (including phenoxy) is 1. The van der Waals surface area contributed by atoms with Gasteiger partial charge in [-0.25, -0.2) is 0 Å². The van der Waals surface area contributed by atoms with Crippen molar-refractivity contribution >= 4 is 11.3 Å². The van der Waals surface area contributed by atoms with Gasteiger partial charge in [0.2, 0.25) is 0 Å². The van der Waals surface area contributed by atoms with Crippen LogP contribution in [0, 0.1) is 6.92 Å². The lowest BCUT2D eigenvalue weighted by molar-refractivity contribution is 0.312. The van der Waals surface area contributed by atoms with E-state index >= 15 is 0 Å². The molecule has 2 heterocycles. The molecule has 0 radical (unpaired) electrons. The highest BCUT2D eigenvalue weighted by Crippen LogP contribution is 2.35. The number of hydrogen-bond acceptors (Lipinski definition) is 3. The zero-order valence-corrected chi connectivity index (χ0v) is 12.9. The summed E-state index contributed by atoms with van der Waals surface area (Å²) >= 11 is 1.82. The number of para-hydroxylation sites is 1. The van der Waals surface area contributed by atoms with Gasteiger partial charge in [-0.15, -0.1) is 11.3 Å². The highest BCUT2D eigenvalue weighted by atomic mass is 32.1. The summed E-state index contributed by atoms with van der Waals surface area (Å²) in [7, 11) is 0. The van der Waals surface area contributed by atoms with Gasteiger partial charge >= 0.3 is 0 Å². The normalized spacial score (nSPS) is 19.8. The third-order valence-electron chi connectivity index (χ3n) is 3.92. The molecule has 0 saturated carbocycles. The standard InChI is InChI=1S/C17H21NOS/c1-12-6-3-7-14-15(8-4-10-19-17(12)14)18-13(2)16-9-5-11-20-16/h3,5-7,9,11,13,15,18H,4,8,10H2,1-2H3/t13-,15?/m1/s1. The summed E-state index contributed by atoms with van der Waals surface area (Å²) in [5.74, 6) is 1.08. The predicted molar refractivity (Wildman–Crippen MR) is 84.5 cm³/mol. The SMILES string of the molecule is Cc1cccc2c1OCCCC2N[C@H](C)c1cccs1. The van der Waals surface area contributed by atoms with Crippen molar-refractivity contribution in [3.8, 4) is 5.75 Å². The number of hydrogen-bond donors (Lipinski definition) is 1. The number of fused-ring (bicyclic) bond motifs is 1. The van der Waals surface area contributed by atoms with Crippen molar-refractivity contribution in [1.82, 2.24) is 5.32 Å². The Morgan fingerprint density at radius 2 is 2.20 bits per heavy atom. The molecule has 0 bridgehead atoms. The van der Waals surface area contributed by atoms with Crippen molar-refractivity contribution in [2.24, 2.45) is 0 Å². The zero-order valence-electron chi connectivity index (χ0n) is 12.1. The maximum atomic E-state index is 5.94. The molecule has 0 fully saturated rings. The number of aryl methyl sites for hydroxylation is 1. The van der Waals surface area contributed by atoms with Crippen LogP contribution in [0.15, 0.2) is 35.7 Å². The van der Waals surface area contributed by atoms with Gasteiger partial charge in [-0.3, -0.25) is 0 Å². The Morgan fingerprint density at radius 1 is 1.30 bits per heavy atom. The van der Waals surface area contributed by atoms with Crippen molar-refractivity contribution in [2.45, 2.75) is 38.8 Å². The minimum atomic E-state index is 0.379. The lowest BCUT2D eigenvalue weighted by Gasteiger charge is -2.23. The monoisotopic (exact) mass is 287 g/mol. The molecular weight excluding hydrogens is 266 g/mol. The van der Waals surface area contributed by atoms with E-state index in [1.807, 2.05) is 11.3 Å². The van der Waals surface area contributed by atoms with Gasteiger partial charge in [0.05, 0.1) is 6.61 Å². The van der Waals surface area contributed by atoms with Gasteiger partial charge in [-0.05, 0) is 43.7 Å². The van der Waals surface area contributed by atoms with Gasteiger partial charge in [0, 0.05) is 22.5 Å². The van der Waals surface area contributed by atoms with Crippen LogP contribution in [-0.4, -0.2) is 6.61 Å². The molecule has 1 unspecified atom stereocenters. The lowest BCUT2D eigenvalue weighted by Crippen LogP contribution is -2.24. The fraction of sp³-hybridized carbons (Fsp3) is 0.412. The third-order valence-corrected chi connectivity index (χ3v) is 4.98. The summed E-state index contributed by atoms with van der Waals surface area (Å²) in [5, 5.41) is 5.92. The first kappa shape index (κ1) is 13.7. The molecule has 106 valence electrons. The summed E-state index contributed by atoms with van der Waals surface area (Å²) in [6, 6.07) is 11.5. The summed E-state index contributed by atoms with van der Waals surface area (Å²) in [5.41, 5.74) is 2.55. The zero-order chi connectivity index (χ0) is 13.9. The minimum Gasteiger partial charge on any atom is -0.493 e. The molecule has 2 atom stereocenters. The van der Waals surface area contributed by atoms with Crippen LogP contribution in [0.2, 0.25) is 0 Å². The smallest absolute Gasteiger partial charge is 0.126 e. The van der Waals surface area contributed by atoms with E-state index in [9.17, 15) is 0 Å². The fourth-order valence-electron chi connectivity index (χ4n) is 2.86. The van der Waals surface area contributed by atoms with Crippen molar-refractivity contribution in [3.05, 3.63) is 51.7 Å². The van der Waals surface area contributed by atoms with E-state index in [0.717, 1.165) is 25.2 Å². The molecule has 0 aliphatic carbocycles. The Kier molecular flexibility index (Phi) is 4.08. The van der Waals surface area contributed by atoms with Crippen molar-refractivity contribution in [3.63, 3.8) is 0 Å². The molecule has 1 aliphatic heterocycles. The molecule has 1 aromatic carbocycles. The van der Waals surface area contributed by atoms with E-state index in [4.69, 9.17) is 4.74 Å². The molecule has 2 aromatic rings. The Balaban J connectivity index is 1.85. The fourth-order valence-corrected chi connectivity index (χ4v) is 3.60. The average molecular weight is 287 g/mol. The van der Waals surface area contributed by atoms with Gasteiger partial charge in [0.15, 0.2) is 0 Å². The number of rotatable bonds is 3. The van der Waals surface area contributed by atoms with Crippen LogP contribution in [0.25, 0.3) is 0 Å². The van der Waals surface area contributed by atoms with E-state index in [-0.39, 0.29) is 0 Å². The van der Waals surface area contributed by atoms with E-state index < -0.39 is 0 Å². The van der Waals surface area contributed by atoms with Crippen LogP contribution in [-0.2, 0) is 0 Å². The molecule has 3 heteroatoms. The van der Waals surface area contributed by atoms with Crippen LogP contribution >= 0.6 is 11.3 Å². The maximum Gasteiger partial charge on any atom is 0.126 e. The molecule has 0 saturated heterocycles. The third kappa shape index (κ3) is 2.74. The van der Waals surface area contributed by atoms with E-state index in [1.54, 1.807) is 0 Å². The summed E-state index contributed by atoms with van der Waals surface area (Å²) in [6.45, 7) is 5.19. The molecule has 1 aromatic heterocycles. The lowest BCUT2D eigenvalue weighted by atomic mass is 9.99. The van der Waals surface area contributed by atoms with Gasteiger partial charge in [0.25, 0.3) is 0 Å². The second kappa shape index (κ2) is 5.98. The molecule has 0 spiro atoms. The van der Waals surface area contributed by atoms with Crippen LogP contribution in [0.1, 0.15) is 47.9 Å². The molecule has 2 nitrogen and oxygen atoms in total. The highest BCUT2D eigenvalue weighted by Gasteiger charge is 2.22. The number of benzene rings is 1. The molecule has 3 rings (SSSR count). The first-order chi connectivity index (χ1) is 9.75. The molecule has 0 amide bonds. The Morgan fingerprint density at radius 3 is 3.00 bits per heavy atom. The van der Waals surface area contributed by atoms with E-state index in [1.165, 1.54) is 16.0 Å². The molecule has 1 N–H and O–H groups in total. The van der Waals surface area contributed by atoms with Crippen LogP contribution < -0.4 is 10.1 Å². The van der Waals surface area contributed by atoms with E-state index in [0.29, 0.717) is 12.1 Å². The highest BCUT2D eigenvalue weighted by molar-refractivity contribution is 7.10. The van der Waals surface area contributed by atoms with E-state index in [2.05, 4.69) is 54.9 Å². The van der Waals surface area contributed by atoms with Crippen molar-refractivity contribution in [1.29, 1.82) is 0 Å². The van der Waals surface area contributed by atoms with Crippen LogP contribution in [0.3, 0.4) is 0 Å². The number of thiophene rings is 1. The summed E-state index contributed by atoms with van der Waals surface area (Å²) < 4.78 is 5.94. The average Bonchev–Trinajstić information content (AvgIpc) is 2.90. The Bertz CT molecular complexity index is 564. The number of nitrogens with one attached hydrogen (secondary N) is 1. The van der Waals surface area contributed by atoms with Crippen molar-refractivity contribution in [2.75, 3.05) is 6.61 Å². The van der Waals surface area contributed by atoms with Crippen LogP contribution in [0.5, 0.6) is 5.75 Å². The van der Waals surface area contributed by atoms with Crippen molar-refractivity contribution < 1.29 is 4.74 Å². The van der Waals surface area contributed by atoms with Gasteiger partial charge in [-0.2, -0.15) is 0 Å². The van der Waals surface area contributed by atoms with Gasteiger partial charge in [-0.1, -0.05) is 24.3 Å². The van der Waals surface area contributed by atoms with Crippen LogP contribution in [0.4, 0.5) is 0 Å². The predicted octanol–water partition coefficient (Wildman–Crippen LogP) is 4.62. The second-order valence-corrected chi connectivity index (χ2v) is 6.42. The topological polar surface area (TPSA) is 21.3 Å². The quantitative estimate of drug-likeness (QED) is 0.889. The summed E-state index contributed by atoms with van der Waals surface area (Å²) in [6.07, 6.45) is 2.23. The van der Waals surface area contributed by atoms with Gasteiger partial charge < -0.3 is 10.1 Å².